The molecule has 0 atom stereocenters. The summed E-state index contributed by atoms with van der Waals surface area (Å²) < 4.78 is 10.5. The number of hydrogen-bond donors (Lipinski definition) is 1. The van der Waals surface area contributed by atoms with Gasteiger partial charge in [0.1, 0.15) is 5.60 Å². The molecule has 0 unspecified atom stereocenters. The minimum atomic E-state index is -0.581. The van der Waals surface area contributed by atoms with Crippen molar-refractivity contribution in [1.29, 1.82) is 0 Å². The molecule has 2 fully saturated rings. The van der Waals surface area contributed by atoms with Gasteiger partial charge < -0.3 is 14.8 Å². The van der Waals surface area contributed by atoms with E-state index in [4.69, 9.17) is 9.47 Å². The first kappa shape index (κ1) is 23.4. The number of ether oxygens (including phenoxy) is 2. The molecule has 0 bridgehead atoms. The summed E-state index contributed by atoms with van der Waals surface area (Å²) in [4.78, 5) is 37.5. The third-order valence-corrected chi connectivity index (χ3v) is 5.96. The Morgan fingerprint density at radius 2 is 1.66 bits per heavy atom. The SMILES string of the molecule is C=C(CC1(C(=O)N[C@H]2CC[C@@H](C(=O)OCC)CC2)CCCC1)C(=O)OC(C)(C)C. The lowest BCUT2D eigenvalue weighted by molar-refractivity contribution is -0.150. The Labute approximate surface area is 174 Å². The first-order chi connectivity index (χ1) is 13.6. The van der Waals surface area contributed by atoms with Crippen LogP contribution in [0.4, 0.5) is 0 Å². The highest BCUT2D eigenvalue weighted by Crippen LogP contribution is 2.44. The first-order valence-electron chi connectivity index (χ1n) is 10.9. The monoisotopic (exact) mass is 407 g/mol. The van der Waals surface area contributed by atoms with E-state index in [0.717, 1.165) is 51.4 Å². The van der Waals surface area contributed by atoms with E-state index in [2.05, 4.69) is 11.9 Å². The topological polar surface area (TPSA) is 81.7 Å². The van der Waals surface area contributed by atoms with Crippen LogP contribution in [-0.4, -0.2) is 36.1 Å². The highest BCUT2D eigenvalue weighted by atomic mass is 16.6. The van der Waals surface area contributed by atoms with E-state index in [1.807, 2.05) is 27.7 Å². The Balaban J connectivity index is 1.93. The van der Waals surface area contributed by atoms with Crippen LogP contribution in [-0.2, 0) is 23.9 Å². The highest BCUT2D eigenvalue weighted by Gasteiger charge is 2.43. The van der Waals surface area contributed by atoms with E-state index in [9.17, 15) is 14.4 Å². The van der Waals surface area contributed by atoms with Gasteiger partial charge in [0.25, 0.3) is 0 Å². The van der Waals surface area contributed by atoms with Crippen molar-refractivity contribution in [2.45, 2.75) is 97.1 Å². The van der Waals surface area contributed by atoms with E-state index < -0.39 is 17.0 Å². The number of nitrogens with one attached hydrogen (secondary N) is 1. The Hall–Kier alpha value is -1.85. The second-order valence-corrected chi connectivity index (χ2v) is 9.54. The van der Waals surface area contributed by atoms with Crippen molar-refractivity contribution in [1.82, 2.24) is 5.32 Å². The lowest BCUT2D eigenvalue weighted by atomic mass is 9.78. The molecule has 2 saturated carbocycles. The maximum atomic E-state index is 13.2. The van der Waals surface area contributed by atoms with Crippen molar-refractivity contribution in [2.24, 2.45) is 11.3 Å². The van der Waals surface area contributed by atoms with Crippen molar-refractivity contribution in [3.8, 4) is 0 Å². The molecule has 2 aliphatic rings. The number of carbonyl (C=O) groups excluding carboxylic acids is 3. The van der Waals surface area contributed by atoms with Crippen LogP contribution in [0.3, 0.4) is 0 Å². The Morgan fingerprint density at radius 3 is 2.17 bits per heavy atom. The van der Waals surface area contributed by atoms with Crippen LogP contribution in [0.1, 0.15) is 85.5 Å². The smallest absolute Gasteiger partial charge is 0.333 e. The standard InChI is InChI=1S/C23H37NO5/c1-6-28-20(26)17-9-11-18(12-10-17)24-21(27)23(13-7-8-14-23)15-16(2)19(25)29-22(3,4)5/h17-18H,2,6-15H2,1,3-5H3,(H,24,27)/t17-,18+. The molecule has 1 amide bonds. The third kappa shape index (κ3) is 6.58. The summed E-state index contributed by atoms with van der Waals surface area (Å²) in [5, 5.41) is 3.20. The summed E-state index contributed by atoms with van der Waals surface area (Å²) in [7, 11) is 0. The molecule has 0 spiro atoms. The van der Waals surface area contributed by atoms with Crippen molar-refractivity contribution in [2.75, 3.05) is 6.61 Å². The van der Waals surface area contributed by atoms with Crippen molar-refractivity contribution in [3.05, 3.63) is 12.2 Å². The second kappa shape index (κ2) is 9.77. The third-order valence-electron chi connectivity index (χ3n) is 5.96. The predicted octanol–water partition coefficient (Wildman–Crippen LogP) is 4.07. The van der Waals surface area contributed by atoms with Crippen LogP contribution in [0.15, 0.2) is 12.2 Å². The van der Waals surface area contributed by atoms with Crippen molar-refractivity contribution in [3.63, 3.8) is 0 Å². The van der Waals surface area contributed by atoms with Crippen LogP contribution in [0.2, 0.25) is 0 Å². The summed E-state index contributed by atoms with van der Waals surface area (Å²) >= 11 is 0. The molecule has 0 radical (unpaired) electrons. The van der Waals surface area contributed by atoms with Gasteiger partial charge in [0.15, 0.2) is 0 Å². The molecule has 0 aliphatic heterocycles. The molecular formula is C23H37NO5. The molecule has 2 rings (SSSR count). The molecule has 0 heterocycles. The van der Waals surface area contributed by atoms with Crippen LogP contribution in [0.25, 0.3) is 0 Å². The molecular weight excluding hydrogens is 370 g/mol. The van der Waals surface area contributed by atoms with E-state index in [-0.39, 0.29) is 23.8 Å². The maximum absolute atomic E-state index is 13.2. The minimum Gasteiger partial charge on any atom is -0.466 e. The van der Waals surface area contributed by atoms with Gasteiger partial charge in [0.05, 0.1) is 17.9 Å². The molecule has 6 heteroatoms. The summed E-state index contributed by atoms with van der Waals surface area (Å²) in [6.45, 7) is 11.6. The average Bonchev–Trinajstić information content (AvgIpc) is 3.11. The molecule has 0 aromatic rings. The lowest BCUT2D eigenvalue weighted by Crippen LogP contribution is -2.46. The van der Waals surface area contributed by atoms with Crippen LogP contribution >= 0.6 is 0 Å². The summed E-state index contributed by atoms with van der Waals surface area (Å²) in [6.07, 6.45) is 6.85. The number of esters is 2. The fraction of sp³-hybridized carbons (Fsp3) is 0.783. The second-order valence-electron chi connectivity index (χ2n) is 9.54. The zero-order chi connectivity index (χ0) is 21.7. The largest absolute Gasteiger partial charge is 0.466 e. The summed E-state index contributed by atoms with van der Waals surface area (Å²) in [6, 6.07) is 0.0699. The van der Waals surface area contributed by atoms with Gasteiger partial charge in [-0.3, -0.25) is 9.59 Å². The van der Waals surface area contributed by atoms with Gasteiger partial charge in [-0.15, -0.1) is 0 Å². The predicted molar refractivity (Wildman–Crippen MR) is 111 cm³/mol. The fourth-order valence-corrected chi connectivity index (χ4v) is 4.44. The molecule has 6 nitrogen and oxygen atoms in total. The van der Waals surface area contributed by atoms with Crippen molar-refractivity contribution < 1.29 is 23.9 Å². The van der Waals surface area contributed by atoms with Gasteiger partial charge in [-0.2, -0.15) is 0 Å². The van der Waals surface area contributed by atoms with E-state index >= 15 is 0 Å². The molecule has 0 saturated heterocycles. The van der Waals surface area contributed by atoms with Crippen LogP contribution < -0.4 is 5.32 Å². The number of hydrogen-bond acceptors (Lipinski definition) is 5. The van der Waals surface area contributed by atoms with E-state index in [0.29, 0.717) is 18.6 Å². The zero-order valence-electron chi connectivity index (χ0n) is 18.5. The van der Waals surface area contributed by atoms with Crippen LogP contribution in [0.5, 0.6) is 0 Å². The normalized spacial score (nSPS) is 23.9. The molecule has 2 aliphatic carbocycles. The molecule has 29 heavy (non-hydrogen) atoms. The van der Waals surface area contributed by atoms with Gasteiger partial charge in [-0.1, -0.05) is 19.4 Å². The van der Waals surface area contributed by atoms with Crippen molar-refractivity contribution >= 4 is 17.8 Å². The van der Waals surface area contributed by atoms with Gasteiger partial charge in [-0.05, 0) is 72.6 Å². The van der Waals surface area contributed by atoms with Gasteiger partial charge >= 0.3 is 11.9 Å². The highest BCUT2D eigenvalue weighted by molar-refractivity contribution is 5.91. The van der Waals surface area contributed by atoms with Crippen LogP contribution in [0, 0.1) is 11.3 Å². The Morgan fingerprint density at radius 1 is 1.07 bits per heavy atom. The Bertz CT molecular complexity index is 620. The van der Waals surface area contributed by atoms with E-state index in [1.54, 1.807) is 0 Å². The van der Waals surface area contributed by atoms with E-state index in [1.165, 1.54) is 0 Å². The maximum Gasteiger partial charge on any atom is 0.333 e. The Kier molecular flexibility index (Phi) is 7.89. The minimum absolute atomic E-state index is 0.0132. The fourth-order valence-electron chi connectivity index (χ4n) is 4.44. The molecule has 164 valence electrons. The van der Waals surface area contributed by atoms with Gasteiger partial charge in [-0.25, -0.2) is 4.79 Å². The van der Waals surface area contributed by atoms with Gasteiger partial charge in [0.2, 0.25) is 5.91 Å². The molecule has 1 N–H and O–H groups in total. The molecule has 0 aromatic carbocycles. The summed E-state index contributed by atoms with van der Waals surface area (Å²) in [5.41, 5.74) is -0.794. The average molecular weight is 408 g/mol. The lowest BCUT2D eigenvalue weighted by Gasteiger charge is -2.33. The number of rotatable bonds is 7. The summed E-state index contributed by atoms with van der Waals surface area (Å²) in [5.74, 6) is -0.598. The zero-order valence-corrected chi connectivity index (χ0v) is 18.5. The first-order valence-corrected chi connectivity index (χ1v) is 10.9. The quantitative estimate of drug-likeness (QED) is 0.508. The number of amides is 1. The van der Waals surface area contributed by atoms with Gasteiger partial charge in [0, 0.05) is 11.6 Å². The number of carbonyl (C=O) groups is 3. The molecule has 0 aromatic heterocycles.